The van der Waals surface area contributed by atoms with Gasteiger partial charge in [0.1, 0.15) is 17.4 Å². The number of carbonyl (C=O) groups excluding carboxylic acids is 2. The molecule has 1 fully saturated rings. The van der Waals surface area contributed by atoms with Crippen molar-refractivity contribution in [3.63, 3.8) is 0 Å². The number of sulfonamides is 1. The van der Waals surface area contributed by atoms with E-state index in [-0.39, 0.29) is 35.5 Å². The Morgan fingerprint density at radius 3 is 2.33 bits per heavy atom. The van der Waals surface area contributed by atoms with Crippen LogP contribution in [0.15, 0.2) is 54.7 Å². The van der Waals surface area contributed by atoms with Crippen LogP contribution in [0, 0.1) is 11.6 Å². The molecule has 4 rings (SSSR count). The van der Waals surface area contributed by atoms with Gasteiger partial charge in [-0.25, -0.2) is 27.0 Å². The van der Waals surface area contributed by atoms with Gasteiger partial charge in [-0.3, -0.25) is 14.4 Å². The number of unbranched alkanes of at least 4 members (excludes halogenated alkanes) is 2. The van der Waals surface area contributed by atoms with Crippen LogP contribution in [0.1, 0.15) is 61.9 Å². The third-order valence-corrected chi connectivity index (χ3v) is 9.27. The van der Waals surface area contributed by atoms with Gasteiger partial charge in [-0.1, -0.05) is 25.8 Å². The van der Waals surface area contributed by atoms with E-state index in [0.29, 0.717) is 49.3 Å². The van der Waals surface area contributed by atoms with Crippen LogP contribution in [0.5, 0.6) is 11.6 Å². The van der Waals surface area contributed by atoms with Crippen LogP contribution in [0.25, 0.3) is 0 Å². The maximum absolute atomic E-state index is 14.6. The Labute approximate surface area is 286 Å². The number of piperidine rings is 1. The minimum Gasteiger partial charge on any atom is -0.439 e. The quantitative estimate of drug-likeness (QED) is 0.166. The van der Waals surface area contributed by atoms with Gasteiger partial charge < -0.3 is 20.3 Å². The number of amides is 3. The van der Waals surface area contributed by atoms with Crippen molar-refractivity contribution in [2.75, 3.05) is 42.5 Å². The number of hydrogen-bond donors (Lipinski definition) is 3. The molecule has 0 radical (unpaired) electrons. The van der Waals surface area contributed by atoms with Gasteiger partial charge in [-0.2, -0.15) is 0 Å². The second kappa shape index (κ2) is 17.9. The smallest absolute Gasteiger partial charge is 0.322 e. The summed E-state index contributed by atoms with van der Waals surface area (Å²) in [6.07, 6.45) is 5.89. The molecular formula is C33H43ClF2N6O5S. The predicted octanol–water partition coefficient (Wildman–Crippen LogP) is 6.38. The fraction of sp³-hybridized carbons (Fsp3) is 0.424. The Morgan fingerprint density at radius 2 is 1.73 bits per heavy atom. The third kappa shape index (κ3) is 10.8. The van der Waals surface area contributed by atoms with Crippen LogP contribution >= 0.6 is 12.4 Å². The fourth-order valence-electron chi connectivity index (χ4n) is 5.30. The van der Waals surface area contributed by atoms with Crippen molar-refractivity contribution in [2.45, 2.75) is 58.5 Å². The number of aromatic nitrogens is 1. The number of hydrogen-bond acceptors (Lipinski definition) is 7. The molecule has 11 nitrogen and oxygen atoms in total. The summed E-state index contributed by atoms with van der Waals surface area (Å²) < 4.78 is 60.6. The number of rotatable bonds is 14. The molecule has 15 heteroatoms. The first-order chi connectivity index (χ1) is 22.5. The molecule has 0 aliphatic carbocycles. The number of benzene rings is 2. The summed E-state index contributed by atoms with van der Waals surface area (Å²) in [5, 5.41) is 4.89. The highest BCUT2D eigenvalue weighted by Crippen LogP contribution is 2.25. The first-order valence-corrected chi connectivity index (χ1v) is 17.4. The van der Waals surface area contributed by atoms with Crippen molar-refractivity contribution in [1.29, 1.82) is 0 Å². The van der Waals surface area contributed by atoms with E-state index in [1.165, 1.54) is 7.05 Å². The van der Waals surface area contributed by atoms with Crippen LogP contribution in [-0.2, 0) is 16.6 Å². The fourth-order valence-corrected chi connectivity index (χ4v) is 5.94. The zero-order chi connectivity index (χ0) is 34.0. The highest BCUT2D eigenvalue weighted by atomic mass is 35.5. The van der Waals surface area contributed by atoms with Gasteiger partial charge in [0, 0.05) is 63.3 Å². The summed E-state index contributed by atoms with van der Waals surface area (Å²) in [6, 6.07) is 11.4. The van der Waals surface area contributed by atoms with E-state index >= 15 is 0 Å². The van der Waals surface area contributed by atoms with E-state index in [4.69, 9.17) is 4.74 Å². The van der Waals surface area contributed by atoms with Gasteiger partial charge in [-0.15, -0.1) is 12.4 Å². The van der Waals surface area contributed by atoms with E-state index in [2.05, 4.69) is 32.2 Å². The van der Waals surface area contributed by atoms with Crippen molar-refractivity contribution < 1.29 is 31.5 Å². The van der Waals surface area contributed by atoms with E-state index < -0.39 is 33.6 Å². The standard InChI is InChI=1S/C33H42F2N6O5S.ClH/c1-4-6-7-16-41(33(43)38-30-19-27(32(42)36-3)28(34)20-29(30)35)25-14-17-40(18-15-25)22-23-8-13-31(37-21-23)46-26-11-9-24(10-12-26)39-47(44,45)5-2;/h8-13,19-21,25,39H,4-7,14-18,22H2,1-3H3,(H,36,42)(H,38,43);1H. The van der Waals surface area contributed by atoms with Gasteiger partial charge in [0.05, 0.1) is 17.0 Å². The number of ether oxygens (including phenoxy) is 1. The largest absolute Gasteiger partial charge is 0.439 e. The highest BCUT2D eigenvalue weighted by molar-refractivity contribution is 7.92. The molecule has 1 aliphatic rings. The Morgan fingerprint density at radius 1 is 1.02 bits per heavy atom. The van der Waals surface area contributed by atoms with Gasteiger partial charge >= 0.3 is 6.03 Å². The number of halogens is 3. The Kier molecular flexibility index (Phi) is 14.4. The molecule has 3 N–H and O–H groups in total. The molecule has 48 heavy (non-hydrogen) atoms. The molecular weight excluding hydrogens is 666 g/mol. The van der Waals surface area contributed by atoms with Crippen LogP contribution in [0.3, 0.4) is 0 Å². The molecule has 0 saturated carbocycles. The number of nitrogens with one attached hydrogen (secondary N) is 3. The summed E-state index contributed by atoms with van der Waals surface area (Å²) in [6.45, 7) is 6.27. The van der Waals surface area contributed by atoms with Crippen molar-refractivity contribution >= 4 is 45.7 Å². The molecule has 262 valence electrons. The van der Waals surface area contributed by atoms with Crippen molar-refractivity contribution in [3.05, 3.63) is 77.5 Å². The van der Waals surface area contributed by atoms with Gasteiger partial charge in [0.25, 0.3) is 5.91 Å². The van der Waals surface area contributed by atoms with Crippen molar-refractivity contribution in [2.24, 2.45) is 0 Å². The van der Waals surface area contributed by atoms with E-state index in [1.807, 2.05) is 6.07 Å². The molecule has 3 aromatic rings. The number of nitrogens with zero attached hydrogens (tertiary/aromatic N) is 3. The molecule has 2 heterocycles. The number of urea groups is 1. The molecule has 0 spiro atoms. The predicted molar refractivity (Wildman–Crippen MR) is 184 cm³/mol. The third-order valence-electron chi connectivity index (χ3n) is 7.97. The second-order valence-electron chi connectivity index (χ2n) is 11.4. The zero-order valence-corrected chi connectivity index (χ0v) is 28.9. The summed E-state index contributed by atoms with van der Waals surface area (Å²) in [4.78, 5) is 33.8. The number of carbonyl (C=O) groups is 2. The molecule has 3 amide bonds. The average molecular weight is 709 g/mol. The van der Waals surface area contributed by atoms with Gasteiger partial charge in [0.15, 0.2) is 0 Å². The van der Waals surface area contributed by atoms with E-state index in [9.17, 15) is 26.8 Å². The average Bonchev–Trinajstić information content (AvgIpc) is 3.06. The monoisotopic (exact) mass is 708 g/mol. The SMILES string of the molecule is CCCCCN(C(=O)Nc1cc(C(=O)NC)c(F)cc1F)C1CCN(Cc2ccc(Oc3ccc(NS(=O)(=O)CC)cc3)nc2)CC1.Cl. The zero-order valence-electron chi connectivity index (χ0n) is 27.3. The van der Waals surface area contributed by atoms with Crippen LogP contribution in [-0.4, -0.2) is 73.6 Å². The Hall–Kier alpha value is -4.01. The molecule has 0 unspecified atom stereocenters. The first kappa shape index (κ1) is 38.4. The lowest BCUT2D eigenvalue weighted by Gasteiger charge is -2.38. The molecule has 2 aromatic carbocycles. The maximum Gasteiger partial charge on any atom is 0.322 e. The molecule has 1 aromatic heterocycles. The number of likely N-dealkylation sites (tertiary alicyclic amines) is 1. The minimum absolute atomic E-state index is 0. The van der Waals surface area contributed by atoms with Crippen LogP contribution in [0.4, 0.5) is 25.0 Å². The van der Waals surface area contributed by atoms with Gasteiger partial charge in [-0.05, 0) is 62.1 Å². The lowest BCUT2D eigenvalue weighted by Crippen LogP contribution is -2.49. The topological polar surface area (TPSA) is 133 Å². The minimum atomic E-state index is -3.36. The first-order valence-electron chi connectivity index (χ1n) is 15.8. The lowest BCUT2D eigenvalue weighted by molar-refractivity contribution is 0.0959. The molecule has 0 bridgehead atoms. The molecule has 0 atom stereocenters. The number of pyridine rings is 1. The van der Waals surface area contributed by atoms with E-state index in [1.54, 1.807) is 48.4 Å². The summed E-state index contributed by atoms with van der Waals surface area (Å²) in [7, 11) is -2.01. The van der Waals surface area contributed by atoms with E-state index in [0.717, 1.165) is 44.0 Å². The Bertz CT molecular complexity index is 1620. The van der Waals surface area contributed by atoms with Crippen LogP contribution < -0.4 is 20.1 Å². The summed E-state index contributed by atoms with van der Waals surface area (Å²) in [5.41, 5.74) is 0.854. The number of anilines is 2. The second-order valence-corrected chi connectivity index (χ2v) is 13.4. The maximum atomic E-state index is 14.6. The highest BCUT2D eigenvalue weighted by Gasteiger charge is 2.29. The summed E-state index contributed by atoms with van der Waals surface area (Å²) in [5.74, 6) is -1.76. The van der Waals surface area contributed by atoms with Crippen molar-refractivity contribution in [3.8, 4) is 11.6 Å². The normalized spacial score (nSPS) is 13.7. The van der Waals surface area contributed by atoms with Gasteiger partial charge in [0.2, 0.25) is 15.9 Å². The molecule has 1 aliphatic heterocycles. The Balaban J connectivity index is 0.00000625. The summed E-state index contributed by atoms with van der Waals surface area (Å²) >= 11 is 0. The van der Waals surface area contributed by atoms with Crippen LogP contribution in [0.2, 0.25) is 0 Å². The van der Waals surface area contributed by atoms with Crippen molar-refractivity contribution in [1.82, 2.24) is 20.1 Å². The molecule has 1 saturated heterocycles. The lowest BCUT2D eigenvalue weighted by atomic mass is 10.0.